The molecule has 2 N–H and O–H groups in total. The third-order valence-corrected chi connectivity index (χ3v) is 9.16. The highest BCUT2D eigenvalue weighted by Gasteiger charge is 2.18. The topological polar surface area (TPSA) is 58.2 Å². The third-order valence-electron chi connectivity index (χ3n) is 6.44. The third kappa shape index (κ3) is 6.32. The van der Waals surface area contributed by atoms with Crippen LogP contribution in [0.3, 0.4) is 0 Å². The van der Waals surface area contributed by atoms with E-state index in [2.05, 4.69) is 22.8 Å². The zero-order chi connectivity index (χ0) is 27.4. The molecule has 0 atom stereocenters. The number of rotatable bonds is 7. The molecule has 0 heterocycles. The van der Waals surface area contributed by atoms with E-state index in [1.165, 1.54) is 0 Å². The fraction of sp³-hybridized carbons (Fsp3) is 0.188. The van der Waals surface area contributed by atoms with Gasteiger partial charge in [-0.25, -0.2) is 0 Å². The molecule has 0 fully saturated rings. The van der Waals surface area contributed by atoms with Crippen molar-refractivity contribution in [2.24, 2.45) is 0 Å². The quantitative estimate of drug-likeness (QED) is 0.230. The Hall–Kier alpha value is -3.48. The molecule has 4 aromatic rings. The van der Waals surface area contributed by atoms with Gasteiger partial charge in [0, 0.05) is 20.9 Å². The number of anilines is 2. The van der Waals surface area contributed by atoms with Crippen LogP contribution in [0.25, 0.3) is 0 Å². The predicted octanol–water partition coefficient (Wildman–Crippen LogP) is 8.84. The van der Waals surface area contributed by atoms with Gasteiger partial charge >= 0.3 is 0 Å². The van der Waals surface area contributed by atoms with Crippen molar-refractivity contribution in [3.63, 3.8) is 0 Å². The van der Waals surface area contributed by atoms with Crippen LogP contribution in [0, 0.1) is 41.5 Å². The van der Waals surface area contributed by atoms with Crippen molar-refractivity contribution in [1.82, 2.24) is 0 Å². The van der Waals surface area contributed by atoms with E-state index in [0.29, 0.717) is 11.1 Å². The van der Waals surface area contributed by atoms with Crippen LogP contribution in [0.5, 0.6) is 0 Å². The summed E-state index contributed by atoms with van der Waals surface area (Å²) in [6.07, 6.45) is 0. The number of amides is 2. The van der Waals surface area contributed by atoms with Crippen LogP contribution < -0.4 is 10.6 Å². The molecule has 4 rings (SSSR count). The van der Waals surface area contributed by atoms with Crippen LogP contribution in [0.4, 0.5) is 11.4 Å². The summed E-state index contributed by atoms with van der Waals surface area (Å²) < 4.78 is 0. The maximum absolute atomic E-state index is 13.1. The van der Waals surface area contributed by atoms with E-state index in [9.17, 15) is 9.59 Å². The summed E-state index contributed by atoms with van der Waals surface area (Å²) in [5.74, 6) is -0.272. The van der Waals surface area contributed by atoms with E-state index in [-0.39, 0.29) is 11.8 Å². The summed E-state index contributed by atoms with van der Waals surface area (Å²) in [6, 6.07) is 23.3. The molecule has 0 saturated heterocycles. The van der Waals surface area contributed by atoms with Gasteiger partial charge in [0.15, 0.2) is 0 Å². The van der Waals surface area contributed by atoms with Crippen molar-refractivity contribution in [3.8, 4) is 0 Å². The summed E-state index contributed by atoms with van der Waals surface area (Å²) in [5.41, 5.74) is 9.21. The van der Waals surface area contributed by atoms with Gasteiger partial charge in [-0.3, -0.25) is 9.59 Å². The highest BCUT2D eigenvalue weighted by atomic mass is 33.1. The van der Waals surface area contributed by atoms with E-state index in [0.717, 1.165) is 54.5 Å². The van der Waals surface area contributed by atoms with Gasteiger partial charge in [0.1, 0.15) is 0 Å². The van der Waals surface area contributed by atoms with Crippen LogP contribution in [0.2, 0.25) is 0 Å². The van der Waals surface area contributed by atoms with Gasteiger partial charge in [-0.15, -0.1) is 0 Å². The molecular weight excluding hydrogens is 508 g/mol. The Labute approximate surface area is 233 Å². The minimum absolute atomic E-state index is 0.136. The number of benzene rings is 4. The summed E-state index contributed by atoms with van der Waals surface area (Å²) >= 11 is 0. The second-order valence-corrected chi connectivity index (χ2v) is 11.8. The van der Waals surface area contributed by atoms with E-state index in [1.54, 1.807) is 21.6 Å². The molecule has 194 valence electrons. The molecular formula is C32H32N2O2S2. The van der Waals surface area contributed by atoms with Crippen molar-refractivity contribution in [2.75, 3.05) is 10.6 Å². The molecule has 0 radical (unpaired) electrons. The lowest BCUT2D eigenvalue weighted by Gasteiger charge is -2.19. The normalized spacial score (nSPS) is 10.8. The smallest absolute Gasteiger partial charge is 0.255 e. The van der Waals surface area contributed by atoms with Crippen molar-refractivity contribution < 1.29 is 9.59 Å². The Kier molecular flexibility index (Phi) is 8.65. The molecule has 0 aromatic heterocycles. The molecule has 0 aliphatic heterocycles. The highest BCUT2D eigenvalue weighted by Crippen LogP contribution is 2.48. The summed E-state index contributed by atoms with van der Waals surface area (Å²) in [7, 11) is 3.19. The number of carbonyl (C=O) groups is 2. The second kappa shape index (κ2) is 11.9. The Morgan fingerprint density at radius 1 is 0.474 bits per heavy atom. The van der Waals surface area contributed by atoms with Crippen molar-refractivity contribution in [2.45, 2.75) is 51.3 Å². The molecule has 0 saturated carbocycles. The van der Waals surface area contributed by atoms with E-state index in [1.807, 2.05) is 102 Å². The zero-order valence-electron chi connectivity index (χ0n) is 22.6. The lowest BCUT2D eigenvalue weighted by molar-refractivity contribution is 0.101. The van der Waals surface area contributed by atoms with E-state index in [4.69, 9.17) is 0 Å². The molecule has 2 amide bonds. The van der Waals surface area contributed by atoms with Crippen molar-refractivity contribution in [3.05, 3.63) is 117 Å². The average Bonchev–Trinajstić information content (AvgIpc) is 2.89. The molecule has 4 nitrogen and oxygen atoms in total. The zero-order valence-corrected chi connectivity index (χ0v) is 24.2. The number of nitrogens with one attached hydrogen (secondary N) is 2. The molecule has 6 heteroatoms. The highest BCUT2D eigenvalue weighted by molar-refractivity contribution is 8.76. The second-order valence-electron chi connectivity index (χ2n) is 9.61. The summed E-state index contributed by atoms with van der Waals surface area (Å²) in [4.78, 5) is 28.1. The van der Waals surface area contributed by atoms with Gasteiger partial charge in [0.2, 0.25) is 0 Å². The molecule has 0 aliphatic rings. The van der Waals surface area contributed by atoms with Crippen LogP contribution in [0.15, 0.2) is 82.6 Å². The Morgan fingerprint density at radius 2 is 0.789 bits per heavy atom. The minimum Gasteiger partial charge on any atom is -0.321 e. The summed E-state index contributed by atoms with van der Waals surface area (Å²) in [5, 5.41) is 6.30. The first kappa shape index (κ1) is 27.6. The molecule has 0 aliphatic carbocycles. The molecule has 0 spiro atoms. The standard InChI is InChI=1S/C32H32N2O2S2/c1-19-7-15-25(16-8-19)31(35)33-27-21(3)11-13-23(5)29(27)37-38-30-24(6)14-12-22(4)28(30)34-32(36)26-17-9-20(2)10-18-26/h7-18H,1-6H3,(H,33,35)(H,34,36). The van der Waals surface area contributed by atoms with Crippen molar-refractivity contribution >= 4 is 44.8 Å². The fourth-order valence-electron chi connectivity index (χ4n) is 3.96. The number of aryl methyl sites for hydroxylation is 6. The van der Waals surface area contributed by atoms with Gasteiger partial charge in [0.05, 0.1) is 11.4 Å². The van der Waals surface area contributed by atoms with Crippen LogP contribution in [-0.2, 0) is 0 Å². The predicted molar refractivity (Wildman–Crippen MR) is 162 cm³/mol. The van der Waals surface area contributed by atoms with E-state index < -0.39 is 0 Å². The maximum Gasteiger partial charge on any atom is 0.255 e. The number of hydrogen-bond acceptors (Lipinski definition) is 4. The largest absolute Gasteiger partial charge is 0.321 e. The minimum atomic E-state index is -0.136. The molecule has 0 unspecified atom stereocenters. The average molecular weight is 541 g/mol. The fourth-order valence-corrected chi connectivity index (χ4v) is 6.91. The van der Waals surface area contributed by atoms with Gasteiger partial charge in [0.25, 0.3) is 11.8 Å². The Morgan fingerprint density at radius 3 is 1.13 bits per heavy atom. The first-order valence-corrected chi connectivity index (χ1v) is 14.6. The van der Waals surface area contributed by atoms with Gasteiger partial charge in [-0.1, -0.05) is 59.7 Å². The SMILES string of the molecule is Cc1ccc(C(=O)Nc2c(C)ccc(C)c2SSc2c(C)ccc(C)c2NC(=O)c2ccc(C)cc2)cc1. The monoisotopic (exact) mass is 540 g/mol. The van der Waals surface area contributed by atoms with Gasteiger partial charge in [-0.05, 0) is 110 Å². The number of carbonyl (C=O) groups excluding carboxylic acids is 2. The molecule has 38 heavy (non-hydrogen) atoms. The lowest BCUT2D eigenvalue weighted by atomic mass is 10.1. The first-order valence-electron chi connectivity index (χ1n) is 12.4. The van der Waals surface area contributed by atoms with Crippen LogP contribution in [-0.4, -0.2) is 11.8 Å². The van der Waals surface area contributed by atoms with E-state index >= 15 is 0 Å². The summed E-state index contributed by atoms with van der Waals surface area (Å²) in [6.45, 7) is 12.1. The lowest BCUT2D eigenvalue weighted by Crippen LogP contribution is -2.14. The molecule has 4 aromatic carbocycles. The molecule has 0 bridgehead atoms. The van der Waals surface area contributed by atoms with Crippen molar-refractivity contribution in [1.29, 1.82) is 0 Å². The number of hydrogen-bond donors (Lipinski definition) is 2. The first-order chi connectivity index (χ1) is 18.1. The van der Waals surface area contributed by atoms with Crippen LogP contribution >= 0.6 is 21.6 Å². The van der Waals surface area contributed by atoms with Crippen LogP contribution in [0.1, 0.15) is 54.1 Å². The maximum atomic E-state index is 13.1. The Bertz CT molecular complexity index is 1380. The van der Waals surface area contributed by atoms with Gasteiger partial charge < -0.3 is 10.6 Å². The van der Waals surface area contributed by atoms with Gasteiger partial charge in [-0.2, -0.15) is 0 Å². The Balaban J connectivity index is 1.61.